The maximum atomic E-state index is 11.6. The molecule has 1 amide bonds. The van der Waals surface area contributed by atoms with Crippen molar-refractivity contribution in [1.29, 1.82) is 0 Å². The third-order valence-corrected chi connectivity index (χ3v) is 5.16. The van der Waals surface area contributed by atoms with Gasteiger partial charge in [0.15, 0.2) is 5.96 Å². The van der Waals surface area contributed by atoms with Crippen LogP contribution < -0.4 is 10.6 Å². The fourth-order valence-electron chi connectivity index (χ4n) is 3.82. The molecule has 6 heteroatoms. The molecule has 1 saturated heterocycles. The van der Waals surface area contributed by atoms with Crippen molar-refractivity contribution in [3.63, 3.8) is 0 Å². The number of likely N-dealkylation sites (N-methyl/N-ethyl adjacent to an activating group) is 1. The molecular weight excluding hydrogens is 415 g/mol. The molecule has 2 N–H and O–H groups in total. The molecule has 3 atom stereocenters. The summed E-state index contributed by atoms with van der Waals surface area (Å²) in [5, 5.41) is 6.84. The predicted octanol–water partition coefficient (Wildman–Crippen LogP) is 3.00. The van der Waals surface area contributed by atoms with Gasteiger partial charge in [0, 0.05) is 39.1 Å². The van der Waals surface area contributed by atoms with E-state index in [2.05, 4.69) is 24.5 Å². The smallest absolute Gasteiger partial charge is 0.222 e. The molecule has 1 saturated carbocycles. The standard InChI is InChI=1S/C18H34N4O.HI/c1-4-19-18(21-16-8-9-17(23)22(3)13-16)20-11-10-15-7-5-6-14(2)12-15;/h14-16H,4-13H2,1-3H3,(H2,19,20,21);1H. The number of nitrogens with zero attached hydrogens (tertiary/aromatic N) is 2. The molecule has 2 rings (SSSR count). The van der Waals surface area contributed by atoms with Gasteiger partial charge in [0.25, 0.3) is 0 Å². The number of carbonyl (C=O) groups is 1. The molecule has 0 aromatic carbocycles. The van der Waals surface area contributed by atoms with Crippen LogP contribution in [0.25, 0.3) is 0 Å². The van der Waals surface area contributed by atoms with Crippen molar-refractivity contribution in [2.24, 2.45) is 16.8 Å². The van der Waals surface area contributed by atoms with Crippen molar-refractivity contribution < 1.29 is 4.79 Å². The SMILES string of the molecule is CCNC(=NCCC1CCCC(C)C1)NC1CCC(=O)N(C)C1.I. The van der Waals surface area contributed by atoms with Crippen molar-refractivity contribution >= 4 is 35.8 Å². The molecule has 2 fully saturated rings. The first-order valence-corrected chi connectivity index (χ1v) is 9.37. The summed E-state index contributed by atoms with van der Waals surface area (Å²) >= 11 is 0. The Hall–Kier alpha value is -0.530. The highest BCUT2D eigenvalue weighted by Crippen LogP contribution is 2.30. The van der Waals surface area contributed by atoms with Crippen LogP contribution in [0.5, 0.6) is 0 Å². The lowest BCUT2D eigenvalue weighted by Crippen LogP contribution is -2.51. The minimum Gasteiger partial charge on any atom is -0.357 e. The van der Waals surface area contributed by atoms with E-state index in [4.69, 9.17) is 4.99 Å². The number of halogens is 1. The van der Waals surface area contributed by atoms with Gasteiger partial charge >= 0.3 is 0 Å². The van der Waals surface area contributed by atoms with Crippen molar-refractivity contribution in [3.05, 3.63) is 0 Å². The molecule has 0 radical (unpaired) electrons. The van der Waals surface area contributed by atoms with Gasteiger partial charge in [-0.2, -0.15) is 0 Å². The number of guanidine groups is 1. The Labute approximate surface area is 164 Å². The minimum atomic E-state index is 0. The number of hydrogen-bond donors (Lipinski definition) is 2. The molecule has 1 aliphatic carbocycles. The molecule has 1 heterocycles. The van der Waals surface area contributed by atoms with Gasteiger partial charge in [0.1, 0.15) is 0 Å². The summed E-state index contributed by atoms with van der Waals surface area (Å²) in [5.41, 5.74) is 0. The Kier molecular flexibility index (Phi) is 10.0. The zero-order chi connectivity index (χ0) is 16.7. The van der Waals surface area contributed by atoms with E-state index in [9.17, 15) is 4.79 Å². The quantitative estimate of drug-likeness (QED) is 0.385. The summed E-state index contributed by atoms with van der Waals surface area (Å²) in [7, 11) is 1.88. The second-order valence-corrected chi connectivity index (χ2v) is 7.34. The number of likely N-dealkylation sites (tertiary alicyclic amines) is 1. The summed E-state index contributed by atoms with van der Waals surface area (Å²) in [6, 6.07) is 0.310. The maximum Gasteiger partial charge on any atom is 0.222 e. The van der Waals surface area contributed by atoms with E-state index in [-0.39, 0.29) is 29.9 Å². The molecule has 0 spiro atoms. The lowest BCUT2D eigenvalue weighted by Gasteiger charge is -2.31. The summed E-state index contributed by atoms with van der Waals surface area (Å²) in [6.45, 7) is 7.00. The summed E-state index contributed by atoms with van der Waals surface area (Å²) in [6.07, 6.45) is 8.26. The highest BCUT2D eigenvalue weighted by Gasteiger charge is 2.23. The number of aliphatic imine (C=N–C) groups is 1. The zero-order valence-corrected chi connectivity index (χ0v) is 17.8. The second-order valence-electron chi connectivity index (χ2n) is 7.34. The Morgan fingerprint density at radius 3 is 2.79 bits per heavy atom. The molecule has 0 bridgehead atoms. The number of piperidine rings is 1. The van der Waals surface area contributed by atoms with Crippen LogP contribution in [0.15, 0.2) is 4.99 Å². The Morgan fingerprint density at radius 2 is 2.12 bits per heavy atom. The van der Waals surface area contributed by atoms with Gasteiger partial charge < -0.3 is 15.5 Å². The van der Waals surface area contributed by atoms with Gasteiger partial charge in [-0.15, -0.1) is 24.0 Å². The number of rotatable bonds is 5. The summed E-state index contributed by atoms with van der Waals surface area (Å²) in [4.78, 5) is 18.2. The van der Waals surface area contributed by atoms with Gasteiger partial charge in [0.2, 0.25) is 5.91 Å². The average Bonchev–Trinajstić information content (AvgIpc) is 2.51. The first kappa shape index (κ1) is 21.5. The lowest BCUT2D eigenvalue weighted by molar-refractivity contribution is -0.132. The molecule has 3 unspecified atom stereocenters. The maximum absolute atomic E-state index is 11.6. The number of nitrogens with one attached hydrogen (secondary N) is 2. The highest BCUT2D eigenvalue weighted by atomic mass is 127. The largest absolute Gasteiger partial charge is 0.357 e. The molecule has 24 heavy (non-hydrogen) atoms. The van der Waals surface area contributed by atoms with E-state index in [1.54, 1.807) is 0 Å². The molecule has 0 aromatic rings. The van der Waals surface area contributed by atoms with Crippen LogP contribution in [0.2, 0.25) is 0 Å². The van der Waals surface area contributed by atoms with Crippen molar-refractivity contribution in [1.82, 2.24) is 15.5 Å². The molecule has 1 aliphatic heterocycles. The second kappa shape index (κ2) is 11.2. The number of amides is 1. The Balaban J connectivity index is 0.00000288. The van der Waals surface area contributed by atoms with E-state index in [1.165, 1.54) is 32.1 Å². The van der Waals surface area contributed by atoms with E-state index < -0.39 is 0 Å². The van der Waals surface area contributed by atoms with E-state index in [1.807, 2.05) is 11.9 Å². The fourth-order valence-corrected chi connectivity index (χ4v) is 3.82. The Bertz CT molecular complexity index is 416. The minimum absolute atomic E-state index is 0. The third-order valence-electron chi connectivity index (χ3n) is 5.16. The van der Waals surface area contributed by atoms with Crippen LogP contribution >= 0.6 is 24.0 Å². The number of hydrogen-bond acceptors (Lipinski definition) is 2. The first-order chi connectivity index (χ1) is 11.1. The van der Waals surface area contributed by atoms with E-state index in [0.29, 0.717) is 12.5 Å². The van der Waals surface area contributed by atoms with Crippen molar-refractivity contribution in [2.75, 3.05) is 26.7 Å². The van der Waals surface area contributed by atoms with Crippen LogP contribution in [0.3, 0.4) is 0 Å². The average molecular weight is 450 g/mol. The fraction of sp³-hybridized carbons (Fsp3) is 0.889. The lowest BCUT2D eigenvalue weighted by atomic mass is 9.81. The van der Waals surface area contributed by atoms with Crippen molar-refractivity contribution in [3.8, 4) is 0 Å². The van der Waals surface area contributed by atoms with E-state index in [0.717, 1.165) is 43.9 Å². The van der Waals surface area contributed by atoms with Gasteiger partial charge in [0.05, 0.1) is 0 Å². The van der Waals surface area contributed by atoms with Crippen LogP contribution in [0, 0.1) is 11.8 Å². The molecule has 2 aliphatic rings. The Morgan fingerprint density at radius 1 is 1.33 bits per heavy atom. The van der Waals surface area contributed by atoms with Crippen molar-refractivity contribution in [2.45, 2.75) is 64.8 Å². The van der Waals surface area contributed by atoms with Crippen LogP contribution in [-0.2, 0) is 4.79 Å². The van der Waals surface area contributed by atoms with E-state index >= 15 is 0 Å². The zero-order valence-electron chi connectivity index (χ0n) is 15.5. The first-order valence-electron chi connectivity index (χ1n) is 9.37. The van der Waals surface area contributed by atoms with Gasteiger partial charge in [-0.3, -0.25) is 9.79 Å². The van der Waals surface area contributed by atoms with Gasteiger partial charge in [-0.05, 0) is 38.0 Å². The van der Waals surface area contributed by atoms with Crippen LogP contribution in [0.4, 0.5) is 0 Å². The topological polar surface area (TPSA) is 56.7 Å². The molecular formula is C18H35IN4O. The molecule has 5 nitrogen and oxygen atoms in total. The number of carbonyl (C=O) groups excluding carboxylic acids is 1. The molecule has 0 aromatic heterocycles. The summed E-state index contributed by atoms with van der Waals surface area (Å²) in [5.74, 6) is 2.89. The predicted molar refractivity (Wildman–Crippen MR) is 111 cm³/mol. The van der Waals surface area contributed by atoms with Gasteiger partial charge in [-0.1, -0.05) is 26.2 Å². The van der Waals surface area contributed by atoms with Crippen LogP contribution in [-0.4, -0.2) is 49.5 Å². The summed E-state index contributed by atoms with van der Waals surface area (Å²) < 4.78 is 0. The van der Waals surface area contributed by atoms with Crippen LogP contribution in [0.1, 0.15) is 58.8 Å². The monoisotopic (exact) mass is 450 g/mol. The molecule has 140 valence electrons. The van der Waals surface area contributed by atoms with Gasteiger partial charge in [-0.25, -0.2) is 0 Å². The highest BCUT2D eigenvalue weighted by molar-refractivity contribution is 14.0. The third kappa shape index (κ3) is 7.15. The normalized spacial score (nSPS) is 28.3.